The van der Waals surface area contributed by atoms with Gasteiger partial charge in [0.1, 0.15) is 0 Å². The molecule has 15 heavy (non-hydrogen) atoms. The minimum Gasteiger partial charge on any atom is -0.356 e. The van der Waals surface area contributed by atoms with Gasteiger partial charge in [0.05, 0.1) is 12.2 Å². The maximum Gasteiger partial charge on any atom is 0.224 e. The maximum atomic E-state index is 11.6. The number of nitrogens with two attached hydrogens (primary N) is 1. The van der Waals surface area contributed by atoms with Gasteiger partial charge >= 0.3 is 0 Å². The van der Waals surface area contributed by atoms with Gasteiger partial charge in [-0.3, -0.25) is 4.79 Å². The van der Waals surface area contributed by atoms with Crippen molar-refractivity contribution in [3.8, 4) is 0 Å². The summed E-state index contributed by atoms with van der Waals surface area (Å²) in [6.07, 6.45) is 4.13. The summed E-state index contributed by atoms with van der Waals surface area (Å²) >= 11 is 0. The summed E-state index contributed by atoms with van der Waals surface area (Å²) in [5.74, 6) is -0.151. The Balaban J connectivity index is 2.61. The first-order chi connectivity index (χ1) is 7.19. The van der Waals surface area contributed by atoms with Gasteiger partial charge in [-0.25, -0.2) is 4.98 Å². The molecule has 1 unspecified atom stereocenters. The lowest BCUT2D eigenvalue weighted by molar-refractivity contribution is -0.124. The van der Waals surface area contributed by atoms with E-state index in [0.717, 1.165) is 5.69 Å². The smallest absolute Gasteiger partial charge is 0.224 e. The Bertz CT molecular complexity index is 321. The Morgan fingerprint density at radius 1 is 1.73 bits per heavy atom. The molecule has 0 aliphatic rings. The fraction of sp³-hybridized carbons (Fsp3) is 0.600. The minimum atomic E-state index is -0.166. The van der Waals surface area contributed by atoms with Crippen LogP contribution in [-0.2, 0) is 18.3 Å². The van der Waals surface area contributed by atoms with Crippen LogP contribution in [-0.4, -0.2) is 28.5 Å². The Labute approximate surface area is 89.7 Å². The van der Waals surface area contributed by atoms with Crippen LogP contribution in [0.1, 0.15) is 12.6 Å². The number of nitrogens with one attached hydrogen (secondary N) is 1. The van der Waals surface area contributed by atoms with Crippen LogP contribution in [0.4, 0.5) is 0 Å². The van der Waals surface area contributed by atoms with E-state index >= 15 is 0 Å². The van der Waals surface area contributed by atoms with E-state index in [1.807, 2.05) is 18.5 Å². The van der Waals surface area contributed by atoms with E-state index in [-0.39, 0.29) is 11.8 Å². The fourth-order valence-electron chi connectivity index (χ4n) is 1.44. The third kappa shape index (κ3) is 3.06. The highest BCUT2D eigenvalue weighted by Gasteiger charge is 2.17. The van der Waals surface area contributed by atoms with Crippen LogP contribution in [0.5, 0.6) is 0 Å². The average Bonchev–Trinajstić information content (AvgIpc) is 2.61. The van der Waals surface area contributed by atoms with Gasteiger partial charge in [-0.15, -0.1) is 0 Å². The highest BCUT2D eigenvalue weighted by Crippen LogP contribution is 2.06. The second kappa shape index (κ2) is 5.50. The lowest BCUT2D eigenvalue weighted by Gasteiger charge is -2.13. The van der Waals surface area contributed by atoms with Gasteiger partial charge in [0.25, 0.3) is 0 Å². The number of nitrogens with zero attached hydrogens (tertiary/aromatic N) is 2. The van der Waals surface area contributed by atoms with Crippen LogP contribution in [0.2, 0.25) is 0 Å². The number of carbonyl (C=O) groups excluding carboxylic acids is 1. The Morgan fingerprint density at radius 3 is 2.93 bits per heavy atom. The van der Waals surface area contributed by atoms with Gasteiger partial charge in [-0.1, -0.05) is 0 Å². The molecule has 0 saturated carbocycles. The van der Waals surface area contributed by atoms with Crippen molar-refractivity contribution in [2.75, 3.05) is 13.1 Å². The molecule has 0 aliphatic carbocycles. The molecule has 0 bridgehead atoms. The molecule has 3 N–H and O–H groups in total. The number of aryl methyl sites for hydroxylation is 1. The number of imidazole rings is 1. The molecule has 1 atom stereocenters. The van der Waals surface area contributed by atoms with Crippen LogP contribution in [0.3, 0.4) is 0 Å². The first-order valence-electron chi connectivity index (χ1n) is 5.12. The summed E-state index contributed by atoms with van der Waals surface area (Å²) in [6, 6.07) is 0. The number of hydrogen-bond donors (Lipinski definition) is 2. The normalized spacial score (nSPS) is 12.5. The van der Waals surface area contributed by atoms with Crippen molar-refractivity contribution in [2.45, 2.75) is 13.3 Å². The number of carbonyl (C=O) groups is 1. The first kappa shape index (κ1) is 11.7. The van der Waals surface area contributed by atoms with Gasteiger partial charge < -0.3 is 15.6 Å². The highest BCUT2D eigenvalue weighted by molar-refractivity contribution is 5.79. The molecule has 1 rings (SSSR count). The number of rotatable bonds is 5. The number of amides is 1. The Morgan fingerprint density at radius 2 is 2.47 bits per heavy atom. The van der Waals surface area contributed by atoms with E-state index in [9.17, 15) is 4.79 Å². The summed E-state index contributed by atoms with van der Waals surface area (Å²) in [4.78, 5) is 15.6. The molecule has 0 aliphatic heterocycles. The molecule has 5 heteroatoms. The van der Waals surface area contributed by atoms with Crippen LogP contribution < -0.4 is 11.1 Å². The van der Waals surface area contributed by atoms with E-state index in [0.29, 0.717) is 19.5 Å². The summed E-state index contributed by atoms with van der Waals surface area (Å²) in [5, 5.41) is 2.78. The molecular weight excluding hydrogens is 192 g/mol. The van der Waals surface area contributed by atoms with Crippen molar-refractivity contribution in [3.63, 3.8) is 0 Å². The summed E-state index contributed by atoms with van der Waals surface area (Å²) in [5.41, 5.74) is 6.60. The molecule has 0 saturated heterocycles. The number of aromatic nitrogens is 2. The maximum absolute atomic E-state index is 11.6. The third-order valence-corrected chi connectivity index (χ3v) is 2.38. The van der Waals surface area contributed by atoms with E-state index in [4.69, 9.17) is 5.73 Å². The Kier molecular flexibility index (Phi) is 4.30. The second-order valence-corrected chi connectivity index (χ2v) is 3.53. The molecule has 5 nitrogen and oxygen atoms in total. The zero-order valence-corrected chi connectivity index (χ0v) is 9.23. The van der Waals surface area contributed by atoms with Crippen LogP contribution in [0, 0.1) is 5.92 Å². The van der Waals surface area contributed by atoms with Gasteiger partial charge in [-0.2, -0.15) is 0 Å². The summed E-state index contributed by atoms with van der Waals surface area (Å²) < 4.78 is 1.90. The SMILES string of the molecule is CCNC(=O)C(CN)Cc1cncn1C. The minimum absolute atomic E-state index is 0.0150. The van der Waals surface area contributed by atoms with Gasteiger partial charge in [-0.05, 0) is 6.92 Å². The zero-order chi connectivity index (χ0) is 11.3. The van der Waals surface area contributed by atoms with E-state index in [1.54, 1.807) is 12.5 Å². The van der Waals surface area contributed by atoms with E-state index < -0.39 is 0 Å². The lowest BCUT2D eigenvalue weighted by atomic mass is 10.0. The summed E-state index contributed by atoms with van der Waals surface area (Å²) in [7, 11) is 1.91. The van der Waals surface area contributed by atoms with Crippen molar-refractivity contribution >= 4 is 5.91 Å². The first-order valence-corrected chi connectivity index (χ1v) is 5.12. The van der Waals surface area contributed by atoms with Gasteiger partial charge in [0, 0.05) is 38.4 Å². The molecule has 84 valence electrons. The monoisotopic (exact) mass is 210 g/mol. The van der Waals surface area contributed by atoms with Crippen molar-refractivity contribution in [2.24, 2.45) is 18.7 Å². The third-order valence-electron chi connectivity index (χ3n) is 2.38. The standard InChI is InChI=1S/C10H18N4O/c1-3-13-10(15)8(5-11)4-9-6-12-7-14(9)2/h6-8H,3-5,11H2,1-2H3,(H,13,15). The zero-order valence-electron chi connectivity index (χ0n) is 9.23. The predicted octanol–water partition coefficient (Wildman–Crippen LogP) is -0.326. The number of hydrogen-bond acceptors (Lipinski definition) is 3. The molecule has 0 fully saturated rings. The van der Waals surface area contributed by atoms with Crippen molar-refractivity contribution < 1.29 is 4.79 Å². The molecule has 1 amide bonds. The second-order valence-electron chi connectivity index (χ2n) is 3.53. The highest BCUT2D eigenvalue weighted by atomic mass is 16.1. The van der Waals surface area contributed by atoms with Gasteiger partial charge in [0.15, 0.2) is 0 Å². The van der Waals surface area contributed by atoms with Crippen molar-refractivity contribution in [1.82, 2.24) is 14.9 Å². The molecular formula is C10H18N4O. The molecule has 1 aromatic rings. The topological polar surface area (TPSA) is 72.9 Å². The summed E-state index contributed by atoms with van der Waals surface area (Å²) in [6.45, 7) is 2.90. The average molecular weight is 210 g/mol. The molecule has 0 spiro atoms. The largest absolute Gasteiger partial charge is 0.356 e. The lowest BCUT2D eigenvalue weighted by Crippen LogP contribution is -2.36. The van der Waals surface area contributed by atoms with Crippen LogP contribution in [0.15, 0.2) is 12.5 Å². The van der Waals surface area contributed by atoms with Crippen molar-refractivity contribution in [3.05, 3.63) is 18.2 Å². The molecule has 1 aromatic heterocycles. The van der Waals surface area contributed by atoms with E-state index in [2.05, 4.69) is 10.3 Å². The van der Waals surface area contributed by atoms with Gasteiger partial charge in [0.2, 0.25) is 5.91 Å². The molecule has 0 aromatic carbocycles. The molecule has 1 heterocycles. The van der Waals surface area contributed by atoms with Crippen LogP contribution in [0.25, 0.3) is 0 Å². The quantitative estimate of drug-likeness (QED) is 0.699. The van der Waals surface area contributed by atoms with Crippen LogP contribution >= 0.6 is 0 Å². The fourth-order valence-corrected chi connectivity index (χ4v) is 1.44. The Hall–Kier alpha value is -1.36. The van der Waals surface area contributed by atoms with Crippen molar-refractivity contribution in [1.29, 1.82) is 0 Å². The molecule has 0 radical (unpaired) electrons. The van der Waals surface area contributed by atoms with E-state index in [1.165, 1.54) is 0 Å². The predicted molar refractivity (Wildman–Crippen MR) is 58.1 cm³/mol.